The van der Waals surface area contributed by atoms with Crippen molar-refractivity contribution in [2.45, 2.75) is 6.92 Å². The van der Waals surface area contributed by atoms with Crippen molar-refractivity contribution in [1.29, 1.82) is 0 Å². The third kappa shape index (κ3) is 2.52. The summed E-state index contributed by atoms with van der Waals surface area (Å²) in [4.78, 5) is 4.10. The summed E-state index contributed by atoms with van der Waals surface area (Å²) in [5, 5.41) is 0. The van der Waals surface area contributed by atoms with Gasteiger partial charge in [-0.05, 0) is 41.1 Å². The van der Waals surface area contributed by atoms with Gasteiger partial charge in [0.2, 0.25) is 5.88 Å². The van der Waals surface area contributed by atoms with Gasteiger partial charge >= 0.3 is 0 Å². The third-order valence-corrected chi connectivity index (χ3v) is 2.63. The highest BCUT2D eigenvalue weighted by atomic mass is 79.9. The van der Waals surface area contributed by atoms with E-state index in [-0.39, 0.29) is 0 Å². The van der Waals surface area contributed by atoms with E-state index in [1.165, 1.54) is 5.56 Å². The van der Waals surface area contributed by atoms with Gasteiger partial charge in [-0.3, -0.25) is 0 Å². The number of hydrogen-bond donors (Lipinski definition) is 1. The Morgan fingerprint density at radius 3 is 2.56 bits per heavy atom. The Hall–Kier alpha value is -1.55. The Bertz CT molecular complexity index is 497. The van der Waals surface area contributed by atoms with Gasteiger partial charge in [0.25, 0.3) is 0 Å². The third-order valence-electron chi connectivity index (χ3n) is 2.06. The molecule has 1 aromatic heterocycles. The number of benzene rings is 1. The highest BCUT2D eigenvalue weighted by Gasteiger charge is 2.04. The van der Waals surface area contributed by atoms with Gasteiger partial charge in [-0.25, -0.2) is 4.98 Å². The fourth-order valence-electron chi connectivity index (χ4n) is 1.23. The molecule has 0 fully saturated rings. The second-order valence-corrected chi connectivity index (χ2v) is 4.33. The van der Waals surface area contributed by atoms with Gasteiger partial charge in [0.15, 0.2) is 0 Å². The van der Waals surface area contributed by atoms with Crippen molar-refractivity contribution in [3.05, 3.63) is 46.6 Å². The minimum absolute atomic E-state index is 0.512. The van der Waals surface area contributed by atoms with Gasteiger partial charge in [0, 0.05) is 0 Å². The highest BCUT2D eigenvalue weighted by molar-refractivity contribution is 9.10. The Morgan fingerprint density at radius 2 is 1.94 bits per heavy atom. The molecule has 0 amide bonds. The predicted octanol–water partition coefficient (Wildman–Crippen LogP) is 3.53. The molecule has 0 radical (unpaired) electrons. The molecule has 1 heterocycles. The lowest BCUT2D eigenvalue weighted by Gasteiger charge is -2.07. The zero-order valence-corrected chi connectivity index (χ0v) is 10.4. The molecule has 2 N–H and O–H groups in total. The number of nitrogens with zero attached hydrogens (tertiary/aromatic N) is 1. The van der Waals surface area contributed by atoms with Crippen LogP contribution in [0.15, 0.2) is 41.0 Å². The van der Waals surface area contributed by atoms with Crippen LogP contribution in [0, 0.1) is 6.92 Å². The van der Waals surface area contributed by atoms with Crippen LogP contribution in [-0.4, -0.2) is 4.98 Å². The van der Waals surface area contributed by atoms with E-state index >= 15 is 0 Å². The van der Waals surface area contributed by atoms with Crippen LogP contribution in [0.4, 0.5) is 5.69 Å². The van der Waals surface area contributed by atoms with Gasteiger partial charge in [-0.1, -0.05) is 17.7 Å². The van der Waals surface area contributed by atoms with Crippen LogP contribution in [0.25, 0.3) is 0 Å². The Kier molecular flexibility index (Phi) is 3.10. The van der Waals surface area contributed by atoms with Crippen LogP contribution in [0.3, 0.4) is 0 Å². The molecule has 2 rings (SSSR count). The molecule has 16 heavy (non-hydrogen) atoms. The molecule has 0 saturated heterocycles. The topological polar surface area (TPSA) is 48.1 Å². The predicted molar refractivity (Wildman–Crippen MR) is 67.6 cm³/mol. The van der Waals surface area contributed by atoms with Crippen molar-refractivity contribution in [3.8, 4) is 11.6 Å². The fraction of sp³-hybridized carbons (Fsp3) is 0.0833. The Balaban J connectivity index is 2.23. The van der Waals surface area contributed by atoms with Gasteiger partial charge in [0.1, 0.15) is 5.75 Å². The maximum Gasteiger partial charge on any atom is 0.233 e. The van der Waals surface area contributed by atoms with Gasteiger partial charge < -0.3 is 10.5 Å². The summed E-state index contributed by atoms with van der Waals surface area (Å²) in [5.74, 6) is 1.27. The molecule has 3 nitrogen and oxygen atoms in total. The average Bonchev–Trinajstić information content (AvgIpc) is 2.25. The smallest absolute Gasteiger partial charge is 0.233 e. The van der Waals surface area contributed by atoms with Crippen LogP contribution in [0.1, 0.15) is 5.56 Å². The zero-order chi connectivity index (χ0) is 11.5. The molecule has 2 aromatic rings. The molecule has 0 spiro atoms. The maximum absolute atomic E-state index is 5.61. The molecule has 4 heteroatoms. The molecule has 0 saturated carbocycles. The minimum atomic E-state index is 0.512. The summed E-state index contributed by atoms with van der Waals surface area (Å²) < 4.78 is 6.35. The number of rotatable bonds is 2. The second-order valence-electron chi connectivity index (χ2n) is 3.47. The van der Waals surface area contributed by atoms with Gasteiger partial charge in [0.05, 0.1) is 16.4 Å². The molecule has 0 aliphatic carbocycles. The zero-order valence-electron chi connectivity index (χ0n) is 8.77. The van der Waals surface area contributed by atoms with Crippen LogP contribution < -0.4 is 10.5 Å². The molecule has 0 bridgehead atoms. The van der Waals surface area contributed by atoms with E-state index in [0.29, 0.717) is 11.6 Å². The molecular weight excluding hydrogens is 268 g/mol. The lowest BCUT2D eigenvalue weighted by Crippen LogP contribution is -1.92. The van der Waals surface area contributed by atoms with Gasteiger partial charge in [-0.15, -0.1) is 0 Å². The van der Waals surface area contributed by atoms with E-state index in [1.807, 2.05) is 31.2 Å². The normalized spacial score (nSPS) is 10.1. The van der Waals surface area contributed by atoms with Crippen molar-refractivity contribution in [3.63, 3.8) is 0 Å². The van der Waals surface area contributed by atoms with Crippen molar-refractivity contribution < 1.29 is 4.74 Å². The minimum Gasteiger partial charge on any atom is -0.438 e. The van der Waals surface area contributed by atoms with Crippen molar-refractivity contribution in [1.82, 2.24) is 4.98 Å². The van der Waals surface area contributed by atoms with Crippen molar-refractivity contribution in [2.75, 3.05) is 5.73 Å². The average molecular weight is 279 g/mol. The number of aromatic nitrogens is 1. The number of ether oxygens (including phenoxy) is 1. The van der Waals surface area contributed by atoms with Crippen LogP contribution in [0.2, 0.25) is 0 Å². The molecule has 0 aliphatic rings. The molecule has 0 atom stereocenters. The van der Waals surface area contributed by atoms with Gasteiger partial charge in [-0.2, -0.15) is 0 Å². The van der Waals surface area contributed by atoms with E-state index in [1.54, 1.807) is 12.3 Å². The van der Waals surface area contributed by atoms with E-state index in [2.05, 4.69) is 20.9 Å². The number of aryl methyl sites for hydroxylation is 1. The number of hydrogen-bond acceptors (Lipinski definition) is 3. The van der Waals surface area contributed by atoms with Crippen molar-refractivity contribution in [2.24, 2.45) is 0 Å². The lowest BCUT2D eigenvalue weighted by molar-refractivity contribution is 0.460. The fourth-order valence-corrected chi connectivity index (χ4v) is 1.68. The number of pyridine rings is 1. The molecular formula is C12H11BrN2O. The molecule has 1 aromatic carbocycles. The summed E-state index contributed by atoms with van der Waals surface area (Å²) in [6.07, 6.45) is 1.56. The van der Waals surface area contributed by atoms with E-state index in [4.69, 9.17) is 10.5 Å². The number of nitrogens with two attached hydrogens (primary N) is 1. The second kappa shape index (κ2) is 4.53. The van der Waals surface area contributed by atoms with Crippen LogP contribution in [-0.2, 0) is 0 Å². The van der Waals surface area contributed by atoms with E-state index in [9.17, 15) is 0 Å². The van der Waals surface area contributed by atoms with Crippen molar-refractivity contribution >= 4 is 21.6 Å². The highest BCUT2D eigenvalue weighted by Crippen LogP contribution is 2.28. The number of anilines is 1. The largest absolute Gasteiger partial charge is 0.438 e. The van der Waals surface area contributed by atoms with E-state index < -0.39 is 0 Å². The SMILES string of the molecule is Cc1ccc(Oc2ncc(N)cc2Br)cc1. The van der Waals surface area contributed by atoms with Crippen LogP contribution in [0.5, 0.6) is 11.6 Å². The summed E-state index contributed by atoms with van der Waals surface area (Å²) in [6.45, 7) is 2.03. The summed E-state index contributed by atoms with van der Waals surface area (Å²) in [7, 11) is 0. The standard InChI is InChI=1S/C12H11BrN2O/c1-8-2-4-10(5-3-8)16-12-11(13)6-9(14)7-15-12/h2-7H,14H2,1H3. The number of nitrogen functional groups attached to an aromatic ring is 1. The number of halogens is 1. The molecule has 0 aliphatic heterocycles. The molecule has 82 valence electrons. The summed E-state index contributed by atoms with van der Waals surface area (Å²) >= 11 is 3.35. The van der Waals surface area contributed by atoms with Crippen LogP contribution >= 0.6 is 15.9 Å². The first-order valence-corrected chi connectivity index (χ1v) is 5.60. The Morgan fingerprint density at radius 1 is 1.25 bits per heavy atom. The monoisotopic (exact) mass is 278 g/mol. The summed E-state index contributed by atoms with van der Waals surface area (Å²) in [5.41, 5.74) is 7.38. The first-order valence-electron chi connectivity index (χ1n) is 4.81. The maximum atomic E-state index is 5.61. The quantitative estimate of drug-likeness (QED) is 0.914. The lowest BCUT2D eigenvalue weighted by atomic mass is 10.2. The summed E-state index contributed by atoms with van der Waals surface area (Å²) in [6, 6.07) is 9.54. The molecule has 0 unspecified atom stereocenters. The first kappa shape index (κ1) is 11.0. The Labute approximate surface area is 102 Å². The van der Waals surface area contributed by atoms with E-state index in [0.717, 1.165) is 10.2 Å². The first-order chi connectivity index (χ1) is 7.65.